The van der Waals surface area contributed by atoms with Crippen molar-refractivity contribution in [2.24, 2.45) is 0 Å². The molecule has 19 heteroatoms. The summed E-state index contributed by atoms with van der Waals surface area (Å²) in [5.74, 6) is -2.11. The van der Waals surface area contributed by atoms with E-state index < -0.39 is 97.5 Å². The van der Waals surface area contributed by atoms with Gasteiger partial charge in [0.15, 0.2) is 12.2 Å². The fourth-order valence-electron chi connectivity index (χ4n) is 11.9. The van der Waals surface area contributed by atoms with Crippen molar-refractivity contribution < 1.29 is 80.2 Å². The van der Waals surface area contributed by atoms with Crippen LogP contribution in [-0.4, -0.2) is 96.7 Å². The molecule has 0 aromatic heterocycles. The monoisotopic (exact) mass is 1410 g/mol. The standard InChI is InChI=1S/C77H150O17P2/c1-5-9-13-17-21-25-28-31-33-35-36-38-40-42-45-48-52-56-60-64-77(82)94-73(68-88-75(80)62-58-54-50-46-44-41-39-37-34-32-29-26-22-18-14-10-6-2)70-92-96(85,86)90-66-71(78)65-89-95(83,84)91-69-72(67-87-74(79)61-57-53-49-24-20-16-12-8-4)93-76(81)63-59-55-51-47-43-30-27-23-19-15-11-7-3/h71-73,78H,5-70H2,1-4H3,(H,83,84)(H,85,86)/t71-,72+,73+/m0/s1. The molecular weight excluding hydrogens is 1260 g/mol. The van der Waals surface area contributed by atoms with Crippen molar-refractivity contribution >= 4 is 39.5 Å². The minimum absolute atomic E-state index is 0.108. The van der Waals surface area contributed by atoms with Crippen LogP contribution in [0.2, 0.25) is 0 Å². The van der Waals surface area contributed by atoms with E-state index >= 15 is 0 Å². The van der Waals surface area contributed by atoms with Crippen LogP contribution in [0.3, 0.4) is 0 Å². The number of hydrogen-bond donors (Lipinski definition) is 3. The van der Waals surface area contributed by atoms with Crippen LogP contribution in [0.15, 0.2) is 0 Å². The highest BCUT2D eigenvalue weighted by Gasteiger charge is 2.30. The van der Waals surface area contributed by atoms with E-state index in [1.807, 2.05) is 0 Å². The maximum Gasteiger partial charge on any atom is 0.472 e. The van der Waals surface area contributed by atoms with Gasteiger partial charge in [0.05, 0.1) is 26.4 Å². The number of aliphatic hydroxyl groups excluding tert-OH is 1. The first-order chi connectivity index (χ1) is 46.7. The van der Waals surface area contributed by atoms with Gasteiger partial charge in [-0.05, 0) is 25.7 Å². The number of carbonyl (C=O) groups excluding carboxylic acids is 4. The lowest BCUT2D eigenvalue weighted by atomic mass is 10.0. The van der Waals surface area contributed by atoms with Crippen LogP contribution in [0.1, 0.15) is 413 Å². The zero-order valence-corrected chi connectivity index (χ0v) is 64.1. The van der Waals surface area contributed by atoms with Gasteiger partial charge in [0.1, 0.15) is 19.3 Å². The Bertz CT molecular complexity index is 1830. The van der Waals surface area contributed by atoms with Gasteiger partial charge in [0, 0.05) is 25.7 Å². The third-order valence-corrected chi connectivity index (χ3v) is 20.0. The fourth-order valence-corrected chi connectivity index (χ4v) is 13.5. The van der Waals surface area contributed by atoms with Crippen LogP contribution >= 0.6 is 15.6 Å². The average Bonchev–Trinajstić information content (AvgIpc) is 1.54. The number of esters is 4. The van der Waals surface area contributed by atoms with Gasteiger partial charge in [-0.25, -0.2) is 9.13 Å². The van der Waals surface area contributed by atoms with Crippen molar-refractivity contribution in [3.8, 4) is 0 Å². The zero-order valence-electron chi connectivity index (χ0n) is 62.4. The summed E-state index contributed by atoms with van der Waals surface area (Å²) in [6, 6.07) is 0. The summed E-state index contributed by atoms with van der Waals surface area (Å²) < 4.78 is 68.5. The number of unbranched alkanes of at least 4 members (excludes halogenated alkanes) is 52. The molecule has 0 heterocycles. The van der Waals surface area contributed by atoms with Gasteiger partial charge < -0.3 is 33.8 Å². The maximum absolute atomic E-state index is 13.1. The van der Waals surface area contributed by atoms with Crippen molar-refractivity contribution in [2.45, 2.75) is 431 Å². The molecule has 5 atom stereocenters. The van der Waals surface area contributed by atoms with E-state index in [1.165, 1.54) is 244 Å². The molecule has 0 saturated carbocycles. The molecule has 0 fully saturated rings. The van der Waals surface area contributed by atoms with Gasteiger partial charge in [-0.1, -0.05) is 362 Å². The molecule has 0 saturated heterocycles. The first-order valence-electron chi connectivity index (χ1n) is 40.3. The highest BCUT2D eigenvalue weighted by atomic mass is 31.2. The van der Waals surface area contributed by atoms with E-state index in [0.29, 0.717) is 25.7 Å². The number of aliphatic hydroxyl groups is 1. The van der Waals surface area contributed by atoms with E-state index in [1.54, 1.807) is 0 Å². The van der Waals surface area contributed by atoms with Crippen LogP contribution in [0, 0.1) is 0 Å². The van der Waals surface area contributed by atoms with Crippen LogP contribution in [0.5, 0.6) is 0 Å². The second-order valence-corrected chi connectivity index (χ2v) is 30.7. The number of phosphoric ester groups is 2. The second-order valence-electron chi connectivity index (χ2n) is 27.7. The quantitative estimate of drug-likeness (QED) is 0.0222. The Labute approximate surface area is 588 Å². The van der Waals surface area contributed by atoms with Gasteiger partial charge in [0.2, 0.25) is 0 Å². The predicted octanol–water partition coefficient (Wildman–Crippen LogP) is 23.0. The predicted molar refractivity (Wildman–Crippen MR) is 391 cm³/mol. The van der Waals surface area contributed by atoms with E-state index in [0.717, 1.165) is 89.9 Å². The third-order valence-electron chi connectivity index (χ3n) is 18.1. The molecule has 0 radical (unpaired) electrons. The second kappa shape index (κ2) is 71.5. The Morgan fingerprint density at radius 2 is 0.417 bits per heavy atom. The molecule has 3 N–H and O–H groups in total. The van der Waals surface area contributed by atoms with Crippen LogP contribution < -0.4 is 0 Å². The first kappa shape index (κ1) is 94.1. The molecular formula is C77H150O17P2. The van der Waals surface area contributed by atoms with Crippen molar-refractivity contribution in [2.75, 3.05) is 39.6 Å². The molecule has 0 spiro atoms. The normalized spacial score (nSPS) is 13.9. The first-order valence-corrected chi connectivity index (χ1v) is 43.3. The minimum Gasteiger partial charge on any atom is -0.462 e. The molecule has 17 nitrogen and oxygen atoms in total. The fraction of sp³-hybridized carbons (Fsp3) is 0.948. The molecule has 96 heavy (non-hydrogen) atoms. The van der Waals surface area contributed by atoms with Gasteiger partial charge in [-0.3, -0.25) is 37.3 Å². The molecule has 0 aliphatic heterocycles. The van der Waals surface area contributed by atoms with Gasteiger partial charge in [-0.2, -0.15) is 0 Å². The van der Waals surface area contributed by atoms with E-state index in [2.05, 4.69) is 27.7 Å². The summed E-state index contributed by atoms with van der Waals surface area (Å²) in [5.41, 5.74) is 0. The lowest BCUT2D eigenvalue weighted by Crippen LogP contribution is -2.30. The maximum atomic E-state index is 13.1. The van der Waals surface area contributed by atoms with Crippen LogP contribution in [0.25, 0.3) is 0 Å². The smallest absolute Gasteiger partial charge is 0.462 e. The molecule has 0 aliphatic rings. The molecule has 0 bridgehead atoms. The SMILES string of the molecule is CCCCCCCCCCCCCCCCCCCCCC(=O)O[C@H](COC(=O)CCCCCCCCCCCCCCCCCCC)COP(=O)(O)OC[C@@H](O)COP(=O)(O)OC[C@@H](COC(=O)CCCCCCCCCC)OC(=O)CCCCCCCCCCCCCC. The van der Waals surface area contributed by atoms with Crippen LogP contribution in [-0.2, 0) is 65.4 Å². The van der Waals surface area contributed by atoms with E-state index in [-0.39, 0.29) is 25.7 Å². The summed E-state index contributed by atoms with van der Waals surface area (Å²) in [7, 11) is -9.91. The molecule has 0 aromatic carbocycles. The Hall–Kier alpha value is -1.94. The molecule has 570 valence electrons. The largest absolute Gasteiger partial charge is 0.472 e. The number of ether oxygens (including phenoxy) is 4. The van der Waals surface area contributed by atoms with Crippen molar-refractivity contribution in [1.29, 1.82) is 0 Å². The molecule has 2 unspecified atom stereocenters. The summed E-state index contributed by atoms with van der Waals surface area (Å²) in [5, 5.41) is 10.6. The van der Waals surface area contributed by atoms with E-state index in [4.69, 9.17) is 37.0 Å². The molecule has 0 rings (SSSR count). The van der Waals surface area contributed by atoms with Gasteiger partial charge >= 0.3 is 39.5 Å². The van der Waals surface area contributed by atoms with Crippen molar-refractivity contribution in [1.82, 2.24) is 0 Å². The third kappa shape index (κ3) is 70.5. The summed E-state index contributed by atoms with van der Waals surface area (Å²) in [6.07, 6.45) is 62.5. The van der Waals surface area contributed by atoms with Crippen molar-refractivity contribution in [3.63, 3.8) is 0 Å². The molecule has 0 aromatic rings. The van der Waals surface area contributed by atoms with Gasteiger partial charge in [0.25, 0.3) is 0 Å². The average molecular weight is 1410 g/mol. The molecule has 0 aliphatic carbocycles. The Morgan fingerprint density at radius 3 is 0.615 bits per heavy atom. The zero-order chi connectivity index (χ0) is 70.4. The summed E-state index contributed by atoms with van der Waals surface area (Å²) in [4.78, 5) is 72.7. The van der Waals surface area contributed by atoms with Gasteiger partial charge in [-0.15, -0.1) is 0 Å². The summed E-state index contributed by atoms with van der Waals surface area (Å²) in [6.45, 7) is 4.97. The van der Waals surface area contributed by atoms with Crippen molar-refractivity contribution in [3.05, 3.63) is 0 Å². The lowest BCUT2D eigenvalue weighted by Gasteiger charge is -2.21. The molecule has 0 amide bonds. The highest BCUT2D eigenvalue weighted by molar-refractivity contribution is 7.47. The number of carbonyl (C=O) groups is 4. The van der Waals surface area contributed by atoms with Crippen LogP contribution in [0.4, 0.5) is 0 Å². The highest BCUT2D eigenvalue weighted by Crippen LogP contribution is 2.45. The lowest BCUT2D eigenvalue weighted by molar-refractivity contribution is -0.161. The number of rotatable bonds is 78. The minimum atomic E-state index is -4.96. The number of phosphoric acid groups is 2. The Balaban J connectivity index is 5.19. The Morgan fingerprint density at radius 1 is 0.250 bits per heavy atom. The number of hydrogen-bond acceptors (Lipinski definition) is 15. The summed E-state index contributed by atoms with van der Waals surface area (Å²) >= 11 is 0. The topological polar surface area (TPSA) is 237 Å². The Kier molecular flexibility index (Phi) is 70.0. The van der Waals surface area contributed by atoms with E-state index in [9.17, 15) is 43.2 Å².